The minimum Gasteiger partial charge on any atom is -0.364 e. The highest BCUT2D eigenvalue weighted by Crippen LogP contribution is 2.29. The molecule has 1 unspecified atom stereocenters. The zero-order valence-electron chi connectivity index (χ0n) is 10.9. The molecule has 0 bridgehead atoms. The highest BCUT2D eigenvalue weighted by Gasteiger charge is 2.27. The van der Waals surface area contributed by atoms with Crippen LogP contribution in [0.5, 0.6) is 0 Å². The van der Waals surface area contributed by atoms with Crippen LogP contribution >= 0.6 is 22.6 Å². The minimum absolute atomic E-state index is 0.465. The SMILES string of the molecule is CC(C)c1ccc(C(C)(CI)OCC(F)F)cc1. The number of alkyl halides is 3. The van der Waals surface area contributed by atoms with Crippen molar-refractivity contribution in [3.05, 3.63) is 35.4 Å². The smallest absolute Gasteiger partial charge is 0.261 e. The number of ether oxygens (including phenoxy) is 1. The van der Waals surface area contributed by atoms with Crippen LogP contribution in [0, 0.1) is 0 Å². The van der Waals surface area contributed by atoms with Gasteiger partial charge in [0, 0.05) is 4.43 Å². The first-order chi connectivity index (χ1) is 8.39. The Hall–Kier alpha value is -0.230. The molecule has 1 nitrogen and oxygen atoms in total. The molecule has 0 amide bonds. The third-order valence-electron chi connectivity index (χ3n) is 2.97. The number of benzene rings is 1. The van der Waals surface area contributed by atoms with Crippen LogP contribution in [0.3, 0.4) is 0 Å². The van der Waals surface area contributed by atoms with Gasteiger partial charge >= 0.3 is 0 Å². The first-order valence-electron chi connectivity index (χ1n) is 5.97. The maximum absolute atomic E-state index is 12.3. The second-order valence-electron chi connectivity index (χ2n) is 4.84. The largest absolute Gasteiger partial charge is 0.364 e. The fraction of sp³-hybridized carbons (Fsp3) is 0.571. The lowest BCUT2D eigenvalue weighted by Gasteiger charge is -2.28. The summed E-state index contributed by atoms with van der Waals surface area (Å²) in [6.45, 7) is 5.58. The summed E-state index contributed by atoms with van der Waals surface area (Å²) in [7, 11) is 0. The van der Waals surface area contributed by atoms with Crippen molar-refractivity contribution in [1.82, 2.24) is 0 Å². The van der Waals surface area contributed by atoms with Gasteiger partial charge in [-0.2, -0.15) is 0 Å². The molecule has 0 aromatic heterocycles. The molecule has 0 saturated heterocycles. The lowest BCUT2D eigenvalue weighted by molar-refractivity contribution is -0.0694. The van der Waals surface area contributed by atoms with Gasteiger partial charge in [-0.1, -0.05) is 60.7 Å². The quantitative estimate of drug-likeness (QED) is 0.521. The number of rotatable bonds is 6. The average molecular weight is 368 g/mol. The molecule has 4 heteroatoms. The van der Waals surface area contributed by atoms with Gasteiger partial charge in [-0.05, 0) is 24.0 Å². The zero-order valence-corrected chi connectivity index (χ0v) is 13.1. The van der Waals surface area contributed by atoms with E-state index in [1.165, 1.54) is 5.56 Å². The second-order valence-corrected chi connectivity index (χ2v) is 5.61. The van der Waals surface area contributed by atoms with Crippen molar-refractivity contribution >= 4 is 22.6 Å². The fourth-order valence-corrected chi connectivity index (χ4v) is 2.33. The summed E-state index contributed by atoms with van der Waals surface area (Å²) in [5.74, 6) is 0.465. The first kappa shape index (κ1) is 15.8. The van der Waals surface area contributed by atoms with Crippen molar-refractivity contribution < 1.29 is 13.5 Å². The van der Waals surface area contributed by atoms with Crippen LogP contribution < -0.4 is 0 Å². The van der Waals surface area contributed by atoms with E-state index >= 15 is 0 Å². The molecule has 0 fully saturated rings. The third-order valence-corrected chi connectivity index (χ3v) is 4.43. The predicted molar refractivity (Wildman–Crippen MR) is 78.7 cm³/mol. The summed E-state index contributed by atoms with van der Waals surface area (Å²) >= 11 is 2.17. The van der Waals surface area contributed by atoms with E-state index in [9.17, 15) is 8.78 Å². The minimum atomic E-state index is -2.43. The topological polar surface area (TPSA) is 9.23 Å². The Kier molecular flexibility index (Phi) is 5.98. The maximum atomic E-state index is 12.3. The van der Waals surface area contributed by atoms with E-state index in [4.69, 9.17) is 4.74 Å². The molecular formula is C14H19F2IO. The molecular weight excluding hydrogens is 349 g/mol. The molecule has 0 aliphatic rings. The van der Waals surface area contributed by atoms with Crippen molar-refractivity contribution in [1.29, 1.82) is 0 Å². The Balaban J connectivity index is 2.86. The highest BCUT2D eigenvalue weighted by molar-refractivity contribution is 14.1. The Morgan fingerprint density at radius 1 is 1.22 bits per heavy atom. The molecule has 0 saturated carbocycles. The summed E-state index contributed by atoms with van der Waals surface area (Å²) < 4.78 is 30.5. The van der Waals surface area contributed by atoms with E-state index < -0.39 is 18.6 Å². The molecule has 0 radical (unpaired) electrons. The Labute approximate surface area is 121 Å². The van der Waals surface area contributed by atoms with Crippen molar-refractivity contribution in [3.63, 3.8) is 0 Å². The van der Waals surface area contributed by atoms with Gasteiger partial charge in [-0.15, -0.1) is 0 Å². The molecule has 0 aliphatic carbocycles. The Morgan fingerprint density at radius 3 is 2.17 bits per heavy atom. The molecule has 1 aromatic rings. The van der Waals surface area contributed by atoms with Crippen LogP contribution in [0.2, 0.25) is 0 Å². The fourth-order valence-electron chi connectivity index (χ4n) is 1.67. The monoisotopic (exact) mass is 368 g/mol. The number of hydrogen-bond donors (Lipinski definition) is 0. The summed E-state index contributed by atoms with van der Waals surface area (Å²) in [6, 6.07) is 8.02. The van der Waals surface area contributed by atoms with Gasteiger partial charge in [0.2, 0.25) is 0 Å². The van der Waals surface area contributed by atoms with Crippen molar-refractivity contribution in [2.45, 2.75) is 38.7 Å². The third kappa shape index (κ3) is 4.16. The van der Waals surface area contributed by atoms with Crippen LogP contribution in [0.4, 0.5) is 8.78 Å². The first-order valence-corrected chi connectivity index (χ1v) is 7.50. The van der Waals surface area contributed by atoms with Gasteiger partial charge in [0.15, 0.2) is 0 Å². The molecule has 0 aliphatic heterocycles. The van der Waals surface area contributed by atoms with Gasteiger partial charge in [-0.25, -0.2) is 8.78 Å². The molecule has 0 N–H and O–H groups in total. The number of hydrogen-bond acceptors (Lipinski definition) is 1. The van der Waals surface area contributed by atoms with Crippen LogP contribution in [0.1, 0.15) is 37.8 Å². The lowest BCUT2D eigenvalue weighted by Crippen LogP contribution is -2.30. The maximum Gasteiger partial charge on any atom is 0.261 e. The van der Waals surface area contributed by atoms with Gasteiger partial charge in [0.05, 0.1) is 5.60 Å². The molecule has 0 spiro atoms. The number of halogens is 3. The van der Waals surface area contributed by atoms with E-state index in [-0.39, 0.29) is 0 Å². The van der Waals surface area contributed by atoms with E-state index in [1.54, 1.807) is 0 Å². The molecule has 18 heavy (non-hydrogen) atoms. The van der Waals surface area contributed by atoms with Gasteiger partial charge in [0.1, 0.15) is 6.61 Å². The van der Waals surface area contributed by atoms with Crippen molar-refractivity contribution in [3.8, 4) is 0 Å². The predicted octanol–water partition coefficient (Wildman–Crippen LogP) is 4.74. The molecule has 0 heterocycles. The van der Waals surface area contributed by atoms with Crippen LogP contribution in [-0.2, 0) is 10.3 Å². The summed E-state index contributed by atoms with van der Waals surface area (Å²) in [4.78, 5) is 0. The van der Waals surface area contributed by atoms with Gasteiger partial charge in [0.25, 0.3) is 6.43 Å². The van der Waals surface area contributed by atoms with Gasteiger partial charge < -0.3 is 4.74 Å². The highest BCUT2D eigenvalue weighted by atomic mass is 127. The van der Waals surface area contributed by atoms with Crippen LogP contribution in [0.15, 0.2) is 24.3 Å². The van der Waals surface area contributed by atoms with E-state index in [2.05, 4.69) is 36.4 Å². The normalized spacial score (nSPS) is 15.1. The Bertz CT molecular complexity index is 365. The molecule has 1 aromatic carbocycles. The Morgan fingerprint density at radius 2 is 1.78 bits per heavy atom. The van der Waals surface area contributed by atoms with Gasteiger partial charge in [-0.3, -0.25) is 0 Å². The van der Waals surface area contributed by atoms with E-state index in [0.29, 0.717) is 10.3 Å². The van der Waals surface area contributed by atoms with E-state index in [0.717, 1.165) is 5.56 Å². The lowest BCUT2D eigenvalue weighted by atomic mass is 9.94. The standard InChI is InChI=1S/C14H19F2IO/c1-10(2)11-4-6-12(7-5-11)14(3,9-17)18-8-13(15)16/h4-7,10,13H,8-9H2,1-3H3. The van der Waals surface area contributed by atoms with Crippen LogP contribution in [-0.4, -0.2) is 17.5 Å². The van der Waals surface area contributed by atoms with Crippen molar-refractivity contribution in [2.24, 2.45) is 0 Å². The van der Waals surface area contributed by atoms with E-state index in [1.807, 2.05) is 31.2 Å². The summed E-state index contributed by atoms with van der Waals surface area (Å²) in [5.41, 5.74) is 1.54. The molecule has 1 atom stereocenters. The summed E-state index contributed by atoms with van der Waals surface area (Å²) in [5, 5.41) is 0. The average Bonchev–Trinajstić information content (AvgIpc) is 2.36. The summed E-state index contributed by atoms with van der Waals surface area (Å²) in [6.07, 6.45) is -2.43. The van der Waals surface area contributed by atoms with Crippen molar-refractivity contribution in [2.75, 3.05) is 11.0 Å². The molecule has 1 rings (SSSR count). The molecule has 102 valence electrons. The van der Waals surface area contributed by atoms with Crippen LogP contribution in [0.25, 0.3) is 0 Å². The second kappa shape index (κ2) is 6.80. The zero-order chi connectivity index (χ0) is 13.8.